The highest BCUT2D eigenvalue weighted by Gasteiger charge is 2.30. The van der Waals surface area contributed by atoms with Gasteiger partial charge in [0.15, 0.2) is 0 Å². The summed E-state index contributed by atoms with van der Waals surface area (Å²) in [6, 6.07) is 5.18. The molecule has 4 rings (SSSR count). The molecule has 2 aliphatic carbocycles. The topological polar surface area (TPSA) is 25.2 Å². The summed E-state index contributed by atoms with van der Waals surface area (Å²) in [6.07, 6.45) is 7.68. The van der Waals surface area contributed by atoms with Gasteiger partial charge >= 0.3 is 0 Å². The minimum Gasteiger partial charge on any atom is -0.469 e. The van der Waals surface area contributed by atoms with Crippen LogP contribution < -0.4 is 5.32 Å². The van der Waals surface area contributed by atoms with Gasteiger partial charge in [-0.05, 0) is 43.4 Å². The van der Waals surface area contributed by atoms with Crippen LogP contribution in [0.1, 0.15) is 53.1 Å². The quantitative estimate of drug-likeness (QED) is 0.872. The van der Waals surface area contributed by atoms with E-state index in [9.17, 15) is 0 Å². The lowest BCUT2D eigenvalue weighted by atomic mass is 9.92. The maximum Gasteiger partial charge on any atom is 0.108 e. The van der Waals surface area contributed by atoms with Gasteiger partial charge in [-0.1, -0.05) is 11.6 Å². The number of halogens is 1. The zero-order valence-corrected chi connectivity index (χ0v) is 12.2. The van der Waals surface area contributed by atoms with Crippen LogP contribution in [0.5, 0.6) is 0 Å². The number of hydrogen-bond acceptors (Lipinski definition) is 3. The van der Waals surface area contributed by atoms with E-state index in [4.69, 9.17) is 16.0 Å². The van der Waals surface area contributed by atoms with Crippen LogP contribution in [-0.2, 0) is 12.8 Å². The molecule has 1 N–H and O–H groups in total. The molecule has 2 unspecified atom stereocenters. The van der Waals surface area contributed by atoms with Gasteiger partial charge in [0.05, 0.1) is 10.6 Å². The summed E-state index contributed by atoms with van der Waals surface area (Å²) in [5, 5.41) is 3.82. The fourth-order valence-corrected chi connectivity index (χ4v) is 4.76. The van der Waals surface area contributed by atoms with E-state index < -0.39 is 0 Å². The zero-order valence-electron chi connectivity index (χ0n) is 10.6. The molecule has 2 atom stereocenters. The molecular weight excluding hydrogens is 278 g/mol. The molecular formula is C15H16ClNOS. The molecule has 0 aliphatic heterocycles. The van der Waals surface area contributed by atoms with Crippen LogP contribution in [0.4, 0.5) is 0 Å². The molecule has 19 heavy (non-hydrogen) atoms. The second kappa shape index (κ2) is 4.65. The Morgan fingerprint density at radius 2 is 2.11 bits per heavy atom. The Morgan fingerprint density at radius 1 is 1.21 bits per heavy atom. The average Bonchev–Trinajstić information content (AvgIpc) is 3.06. The van der Waals surface area contributed by atoms with Crippen LogP contribution in [0.2, 0.25) is 4.34 Å². The van der Waals surface area contributed by atoms with Crippen LogP contribution in [0, 0.1) is 0 Å². The molecule has 2 heterocycles. The predicted octanol–water partition coefficient (Wildman–Crippen LogP) is 4.65. The van der Waals surface area contributed by atoms with E-state index in [2.05, 4.69) is 17.4 Å². The number of rotatable bonds is 2. The van der Waals surface area contributed by atoms with Crippen LogP contribution in [0.15, 0.2) is 22.8 Å². The normalized spacial score (nSPS) is 25.3. The largest absolute Gasteiger partial charge is 0.469 e. The number of aryl methyl sites for hydroxylation is 2. The van der Waals surface area contributed by atoms with E-state index in [1.807, 2.05) is 6.26 Å². The van der Waals surface area contributed by atoms with Crippen molar-refractivity contribution in [3.8, 4) is 0 Å². The highest BCUT2D eigenvalue weighted by Crippen LogP contribution is 2.41. The summed E-state index contributed by atoms with van der Waals surface area (Å²) >= 11 is 7.86. The van der Waals surface area contributed by atoms with Crippen molar-refractivity contribution in [3.63, 3.8) is 0 Å². The molecule has 100 valence electrons. The molecule has 0 saturated heterocycles. The average molecular weight is 294 g/mol. The summed E-state index contributed by atoms with van der Waals surface area (Å²) in [4.78, 5) is 1.46. The number of fused-ring (bicyclic) bond motifs is 2. The Hall–Kier alpha value is -0.770. The van der Waals surface area contributed by atoms with Gasteiger partial charge in [0.1, 0.15) is 5.76 Å². The summed E-state index contributed by atoms with van der Waals surface area (Å²) < 4.78 is 6.49. The van der Waals surface area contributed by atoms with Crippen LogP contribution >= 0.6 is 22.9 Å². The fourth-order valence-electron chi connectivity index (χ4n) is 3.41. The van der Waals surface area contributed by atoms with E-state index in [0.717, 1.165) is 17.2 Å². The van der Waals surface area contributed by atoms with Crippen molar-refractivity contribution in [2.75, 3.05) is 0 Å². The second-order valence-corrected chi connectivity index (χ2v) is 7.20. The van der Waals surface area contributed by atoms with Crippen molar-refractivity contribution in [2.24, 2.45) is 0 Å². The predicted molar refractivity (Wildman–Crippen MR) is 77.9 cm³/mol. The van der Waals surface area contributed by atoms with Gasteiger partial charge in [-0.2, -0.15) is 0 Å². The second-order valence-electron chi connectivity index (χ2n) is 5.43. The van der Waals surface area contributed by atoms with E-state index in [1.165, 1.54) is 41.0 Å². The fraction of sp³-hybridized carbons (Fsp3) is 0.467. The third-order valence-corrected chi connectivity index (χ3v) is 5.64. The van der Waals surface area contributed by atoms with Crippen molar-refractivity contribution in [1.29, 1.82) is 0 Å². The Morgan fingerprint density at radius 3 is 3.05 bits per heavy atom. The maximum atomic E-state index is 6.13. The van der Waals surface area contributed by atoms with E-state index in [-0.39, 0.29) is 0 Å². The van der Waals surface area contributed by atoms with Gasteiger partial charge in [-0.25, -0.2) is 0 Å². The first-order chi connectivity index (χ1) is 9.31. The molecule has 0 aromatic carbocycles. The molecule has 2 aliphatic rings. The van der Waals surface area contributed by atoms with E-state index in [0.29, 0.717) is 12.1 Å². The van der Waals surface area contributed by atoms with Crippen molar-refractivity contribution < 1.29 is 4.42 Å². The van der Waals surface area contributed by atoms with Gasteiger partial charge in [0.2, 0.25) is 0 Å². The highest BCUT2D eigenvalue weighted by molar-refractivity contribution is 7.16. The third-order valence-electron chi connectivity index (χ3n) is 4.30. The summed E-state index contributed by atoms with van der Waals surface area (Å²) in [5.74, 6) is 1.17. The lowest BCUT2D eigenvalue weighted by molar-refractivity contribution is 0.375. The molecule has 4 heteroatoms. The summed E-state index contributed by atoms with van der Waals surface area (Å²) in [6.45, 7) is 0. The molecule has 2 aromatic heterocycles. The first-order valence-electron chi connectivity index (χ1n) is 6.91. The maximum absolute atomic E-state index is 6.13. The highest BCUT2D eigenvalue weighted by atomic mass is 35.5. The number of thiophene rings is 1. The number of furan rings is 1. The minimum atomic E-state index is 0.442. The van der Waals surface area contributed by atoms with Crippen LogP contribution in [0.25, 0.3) is 0 Å². The standard InChI is InChI=1S/C15H16ClNOS/c16-15-8-10-12(4-5-14(10)19-15)17-11-2-1-3-13-9(11)6-7-18-13/h6-8,11-12,17H,1-5H2. The van der Waals surface area contributed by atoms with Gasteiger partial charge in [0.25, 0.3) is 0 Å². The number of nitrogens with one attached hydrogen (secondary N) is 1. The Kier molecular flexibility index (Phi) is 2.94. The molecule has 0 spiro atoms. The molecule has 0 bridgehead atoms. The van der Waals surface area contributed by atoms with Gasteiger partial charge in [-0.3, -0.25) is 0 Å². The van der Waals surface area contributed by atoms with Crippen molar-refractivity contribution >= 4 is 22.9 Å². The molecule has 0 amide bonds. The smallest absolute Gasteiger partial charge is 0.108 e. The third kappa shape index (κ3) is 2.04. The molecule has 0 saturated carbocycles. The van der Waals surface area contributed by atoms with Crippen LogP contribution in [0.3, 0.4) is 0 Å². The lowest BCUT2D eigenvalue weighted by Gasteiger charge is -2.26. The van der Waals surface area contributed by atoms with Crippen LogP contribution in [-0.4, -0.2) is 0 Å². The molecule has 2 aromatic rings. The molecule has 0 radical (unpaired) electrons. The van der Waals surface area contributed by atoms with E-state index in [1.54, 1.807) is 11.3 Å². The van der Waals surface area contributed by atoms with E-state index >= 15 is 0 Å². The Balaban J connectivity index is 1.58. The first-order valence-corrected chi connectivity index (χ1v) is 8.11. The molecule has 0 fully saturated rings. The van der Waals surface area contributed by atoms with Gasteiger partial charge in [0, 0.05) is 28.9 Å². The van der Waals surface area contributed by atoms with Crippen molar-refractivity contribution in [2.45, 2.75) is 44.2 Å². The Labute approximate surface area is 121 Å². The zero-order chi connectivity index (χ0) is 12.8. The lowest BCUT2D eigenvalue weighted by Crippen LogP contribution is -2.27. The van der Waals surface area contributed by atoms with Gasteiger partial charge in [-0.15, -0.1) is 11.3 Å². The SMILES string of the molecule is Clc1cc2c(s1)CCC2NC1CCCc2occc21. The minimum absolute atomic E-state index is 0.442. The first kappa shape index (κ1) is 12.0. The number of hydrogen-bond donors (Lipinski definition) is 1. The molecule has 2 nitrogen and oxygen atoms in total. The monoisotopic (exact) mass is 293 g/mol. The van der Waals surface area contributed by atoms with Crippen molar-refractivity contribution in [3.05, 3.63) is 44.5 Å². The van der Waals surface area contributed by atoms with Gasteiger partial charge < -0.3 is 9.73 Å². The van der Waals surface area contributed by atoms with Crippen molar-refractivity contribution in [1.82, 2.24) is 5.32 Å². The summed E-state index contributed by atoms with van der Waals surface area (Å²) in [5.41, 5.74) is 2.78. The Bertz CT molecular complexity index is 603. The summed E-state index contributed by atoms with van der Waals surface area (Å²) in [7, 11) is 0.